The molecule has 1 saturated heterocycles. The van der Waals surface area contributed by atoms with Crippen LogP contribution in [0.4, 0.5) is 5.13 Å². The number of carbonyl (C=O) groups excluding carboxylic acids is 1. The first-order chi connectivity index (χ1) is 17.7. The van der Waals surface area contributed by atoms with Gasteiger partial charge in [0.05, 0.1) is 21.7 Å². The van der Waals surface area contributed by atoms with E-state index in [1.165, 1.54) is 11.3 Å². The van der Waals surface area contributed by atoms with Gasteiger partial charge in [-0.15, -0.1) is 0 Å². The number of halogens is 1. The molecule has 1 aliphatic heterocycles. The van der Waals surface area contributed by atoms with E-state index in [0.717, 1.165) is 26.7 Å². The van der Waals surface area contributed by atoms with Crippen molar-refractivity contribution in [1.29, 1.82) is 0 Å². The minimum Gasteiger partial charge on any atom is -0.279 e. The minimum absolute atomic E-state index is 0.213. The van der Waals surface area contributed by atoms with Crippen molar-refractivity contribution >= 4 is 58.5 Å². The third-order valence-electron chi connectivity index (χ3n) is 6.57. The Morgan fingerprint density at radius 3 is 2.38 bits per heavy atom. The summed E-state index contributed by atoms with van der Waals surface area (Å²) in [5.41, 5.74) is 2.21. The summed E-state index contributed by atoms with van der Waals surface area (Å²) in [6, 6.07) is 21.9. The molecule has 5 rings (SSSR count). The van der Waals surface area contributed by atoms with Gasteiger partial charge in [-0.05, 0) is 66.3 Å². The van der Waals surface area contributed by atoms with Gasteiger partial charge in [0.15, 0.2) is 5.13 Å². The van der Waals surface area contributed by atoms with Crippen LogP contribution in [-0.4, -0.2) is 36.7 Å². The monoisotopic (exact) mass is 597 g/mol. The van der Waals surface area contributed by atoms with E-state index in [0.29, 0.717) is 42.2 Å². The van der Waals surface area contributed by atoms with E-state index in [1.807, 2.05) is 48.5 Å². The number of rotatable bonds is 6. The maximum Gasteiger partial charge on any atom is 0.260 e. The summed E-state index contributed by atoms with van der Waals surface area (Å²) in [5.74, 6) is 0.409. The van der Waals surface area contributed by atoms with Crippen LogP contribution in [0.15, 0.2) is 82.2 Å². The van der Waals surface area contributed by atoms with E-state index < -0.39 is 10.0 Å². The highest BCUT2D eigenvalue weighted by molar-refractivity contribution is 9.10. The number of amides is 1. The van der Waals surface area contributed by atoms with Gasteiger partial charge in [0.1, 0.15) is 0 Å². The van der Waals surface area contributed by atoms with E-state index in [9.17, 15) is 13.2 Å². The van der Waals surface area contributed by atoms with Crippen molar-refractivity contribution in [1.82, 2.24) is 9.29 Å². The number of fused-ring (bicyclic) bond motifs is 1. The molecule has 192 valence electrons. The van der Waals surface area contributed by atoms with Gasteiger partial charge in [-0.25, -0.2) is 13.4 Å². The van der Waals surface area contributed by atoms with Crippen LogP contribution in [0.5, 0.6) is 0 Å². The molecule has 0 aliphatic carbocycles. The first-order valence-electron chi connectivity index (χ1n) is 12.2. The maximum atomic E-state index is 13.8. The zero-order valence-corrected chi connectivity index (χ0v) is 23.9. The van der Waals surface area contributed by atoms with Gasteiger partial charge in [-0.1, -0.05) is 71.4 Å². The van der Waals surface area contributed by atoms with Crippen LogP contribution in [0.25, 0.3) is 10.2 Å². The largest absolute Gasteiger partial charge is 0.279 e. The molecule has 1 aliphatic rings. The molecule has 1 aromatic heterocycles. The summed E-state index contributed by atoms with van der Waals surface area (Å²) in [4.78, 5) is 20.4. The number of piperidine rings is 1. The predicted molar refractivity (Wildman–Crippen MR) is 152 cm³/mol. The molecule has 9 heteroatoms. The Bertz CT molecular complexity index is 1510. The summed E-state index contributed by atoms with van der Waals surface area (Å²) in [7, 11) is -3.62. The normalized spacial score (nSPS) is 18.7. The molecule has 37 heavy (non-hydrogen) atoms. The van der Waals surface area contributed by atoms with E-state index in [-0.39, 0.29) is 10.8 Å². The van der Waals surface area contributed by atoms with Crippen molar-refractivity contribution in [2.75, 3.05) is 18.0 Å². The van der Waals surface area contributed by atoms with Crippen LogP contribution in [0.3, 0.4) is 0 Å². The third-order valence-corrected chi connectivity index (χ3v) is 9.95. The molecule has 0 spiro atoms. The maximum absolute atomic E-state index is 13.8. The Hall–Kier alpha value is -2.59. The molecule has 3 aromatic carbocycles. The fourth-order valence-corrected chi connectivity index (χ4v) is 8.07. The Labute approximate surface area is 230 Å². The highest BCUT2D eigenvalue weighted by atomic mass is 79.9. The molecular weight excluding hydrogens is 570 g/mol. The average Bonchev–Trinajstić information content (AvgIpc) is 3.30. The van der Waals surface area contributed by atoms with Crippen molar-refractivity contribution in [2.45, 2.75) is 31.7 Å². The lowest BCUT2D eigenvalue weighted by Crippen LogP contribution is -2.42. The lowest BCUT2D eigenvalue weighted by molar-refractivity contribution is 0.0985. The Morgan fingerprint density at radius 1 is 1.03 bits per heavy atom. The van der Waals surface area contributed by atoms with Gasteiger partial charge >= 0.3 is 0 Å². The number of thiazole rings is 1. The number of anilines is 1. The van der Waals surface area contributed by atoms with Crippen molar-refractivity contribution < 1.29 is 13.2 Å². The highest BCUT2D eigenvalue weighted by Gasteiger charge is 2.32. The molecule has 0 bridgehead atoms. The summed E-state index contributed by atoms with van der Waals surface area (Å²) in [6.45, 7) is 5.56. The highest BCUT2D eigenvalue weighted by Crippen LogP contribution is 2.33. The summed E-state index contributed by atoms with van der Waals surface area (Å²) >= 11 is 4.95. The fourth-order valence-electron chi connectivity index (χ4n) is 4.87. The second kappa shape index (κ2) is 10.6. The Balaban J connectivity index is 1.45. The van der Waals surface area contributed by atoms with Crippen molar-refractivity contribution in [3.63, 3.8) is 0 Å². The van der Waals surface area contributed by atoms with Crippen LogP contribution in [0.1, 0.15) is 36.2 Å². The predicted octanol–water partition coefficient (Wildman–Crippen LogP) is 6.57. The van der Waals surface area contributed by atoms with Gasteiger partial charge < -0.3 is 0 Å². The average molecular weight is 599 g/mol. The number of nitrogens with zero attached hydrogens (tertiary/aromatic N) is 3. The van der Waals surface area contributed by atoms with Crippen LogP contribution in [0, 0.1) is 11.8 Å². The second-order valence-electron chi connectivity index (χ2n) is 9.78. The third kappa shape index (κ3) is 5.65. The lowest BCUT2D eigenvalue weighted by Gasteiger charge is -2.34. The number of aromatic nitrogens is 1. The molecule has 2 atom stereocenters. The fraction of sp³-hybridized carbons (Fsp3) is 0.286. The molecule has 2 heterocycles. The summed E-state index contributed by atoms with van der Waals surface area (Å²) in [6.07, 6.45) is 1.03. The number of hydrogen-bond acceptors (Lipinski definition) is 5. The minimum atomic E-state index is -3.62. The summed E-state index contributed by atoms with van der Waals surface area (Å²) in [5, 5.41) is 0.593. The molecule has 6 nitrogen and oxygen atoms in total. The number of benzene rings is 3. The molecule has 0 radical (unpaired) electrons. The number of sulfonamides is 1. The topological polar surface area (TPSA) is 70.6 Å². The van der Waals surface area contributed by atoms with Crippen molar-refractivity contribution in [3.8, 4) is 0 Å². The Morgan fingerprint density at radius 2 is 1.70 bits per heavy atom. The van der Waals surface area contributed by atoms with Crippen LogP contribution in [0.2, 0.25) is 0 Å². The smallest absolute Gasteiger partial charge is 0.260 e. The molecule has 2 unspecified atom stereocenters. The summed E-state index contributed by atoms with van der Waals surface area (Å²) < 4.78 is 30.1. The van der Waals surface area contributed by atoms with E-state index in [2.05, 4.69) is 29.8 Å². The van der Waals surface area contributed by atoms with Crippen LogP contribution in [-0.2, 0) is 16.6 Å². The van der Waals surface area contributed by atoms with Gasteiger partial charge in [0, 0.05) is 23.1 Å². The number of hydrogen-bond donors (Lipinski definition) is 0. The van der Waals surface area contributed by atoms with Crippen molar-refractivity contribution in [2.24, 2.45) is 11.8 Å². The second-order valence-corrected chi connectivity index (χ2v) is 13.6. The van der Waals surface area contributed by atoms with Crippen molar-refractivity contribution in [3.05, 3.63) is 88.4 Å². The molecule has 1 fully saturated rings. The van der Waals surface area contributed by atoms with Gasteiger partial charge in [0.2, 0.25) is 10.0 Å². The standard InChI is InChI=1S/C28H28BrN3O3S2/c1-19-14-20(2)17-31(16-19)37(34,35)24-11-8-22(9-12-24)27(33)32(18-21-6-4-3-5-7-21)28-30-25-13-10-23(29)15-26(25)36-28/h3-13,15,19-20H,14,16-18H2,1-2H3. The van der Waals surface area contributed by atoms with Gasteiger partial charge in [-0.2, -0.15) is 4.31 Å². The molecular formula is C28H28BrN3O3S2. The zero-order valence-electron chi connectivity index (χ0n) is 20.7. The SMILES string of the molecule is CC1CC(C)CN(S(=O)(=O)c2ccc(C(=O)N(Cc3ccccc3)c3nc4ccc(Br)cc4s3)cc2)C1. The zero-order chi connectivity index (χ0) is 26.2. The first-order valence-corrected chi connectivity index (χ1v) is 15.3. The Kier molecular flexibility index (Phi) is 7.49. The van der Waals surface area contributed by atoms with E-state index >= 15 is 0 Å². The molecule has 4 aromatic rings. The van der Waals surface area contributed by atoms with Gasteiger partial charge in [-0.3, -0.25) is 9.69 Å². The quantitative estimate of drug-likeness (QED) is 0.252. The lowest BCUT2D eigenvalue weighted by atomic mass is 9.94. The molecule has 0 N–H and O–H groups in total. The molecule has 1 amide bonds. The number of carbonyl (C=O) groups is 1. The van der Waals surface area contributed by atoms with E-state index in [1.54, 1.807) is 33.5 Å². The first kappa shape index (κ1) is 26.0. The van der Waals surface area contributed by atoms with E-state index in [4.69, 9.17) is 4.98 Å². The van der Waals surface area contributed by atoms with Gasteiger partial charge in [0.25, 0.3) is 5.91 Å². The van der Waals surface area contributed by atoms with Crippen LogP contribution >= 0.6 is 27.3 Å². The molecule has 0 saturated carbocycles. The van der Waals surface area contributed by atoms with Crippen LogP contribution < -0.4 is 4.90 Å².